The summed E-state index contributed by atoms with van der Waals surface area (Å²) in [5.74, 6) is 1.28. The Morgan fingerprint density at radius 1 is 1.24 bits per heavy atom. The molecule has 3 aromatic rings. The number of nitrogens with one attached hydrogen (secondary N) is 1. The summed E-state index contributed by atoms with van der Waals surface area (Å²) in [6.07, 6.45) is 1.31. The van der Waals surface area contributed by atoms with E-state index in [2.05, 4.69) is 25.8 Å². The first-order chi connectivity index (χ1) is 18.3. The number of aromatic nitrogens is 2. The zero-order chi connectivity index (χ0) is 26.7. The molecule has 1 aliphatic carbocycles. The largest absolute Gasteiger partial charge is 0.490 e. The average molecular weight is 538 g/mol. The van der Waals surface area contributed by atoms with Gasteiger partial charge in [-0.15, -0.1) is 0 Å². The first-order valence-corrected chi connectivity index (χ1v) is 14.5. The molecule has 1 N–H and O–H groups in total. The van der Waals surface area contributed by atoms with E-state index in [1.807, 2.05) is 32.0 Å². The van der Waals surface area contributed by atoms with Gasteiger partial charge in [0.25, 0.3) is 5.89 Å². The molecule has 1 saturated heterocycles. The number of nitriles is 1. The predicted molar refractivity (Wildman–Crippen MR) is 141 cm³/mol. The van der Waals surface area contributed by atoms with Crippen LogP contribution in [-0.4, -0.2) is 68.2 Å². The van der Waals surface area contributed by atoms with Crippen molar-refractivity contribution in [2.24, 2.45) is 0 Å². The molecule has 5 rings (SSSR count). The van der Waals surface area contributed by atoms with E-state index in [-0.39, 0.29) is 17.9 Å². The van der Waals surface area contributed by atoms with E-state index in [0.717, 1.165) is 29.8 Å². The first kappa shape index (κ1) is 26.3. The van der Waals surface area contributed by atoms with Gasteiger partial charge in [-0.3, -0.25) is 4.90 Å². The molecule has 2 aliphatic rings. The molecule has 2 heterocycles. The van der Waals surface area contributed by atoms with Gasteiger partial charge in [0, 0.05) is 36.8 Å². The van der Waals surface area contributed by atoms with Crippen molar-refractivity contribution >= 4 is 10.0 Å². The lowest BCUT2D eigenvalue weighted by Crippen LogP contribution is -2.41. The molecule has 10 nitrogen and oxygen atoms in total. The number of morpholine rings is 1. The Hall–Kier alpha value is -3.30. The van der Waals surface area contributed by atoms with Crippen molar-refractivity contribution in [2.75, 3.05) is 38.6 Å². The Morgan fingerprint density at radius 3 is 2.82 bits per heavy atom. The third-order valence-corrected chi connectivity index (χ3v) is 8.11. The number of fused-ring (bicyclic) bond motifs is 1. The molecule has 0 amide bonds. The van der Waals surface area contributed by atoms with Crippen molar-refractivity contribution in [3.8, 4) is 34.7 Å². The molecule has 1 atom stereocenters. The van der Waals surface area contributed by atoms with Gasteiger partial charge in [-0.2, -0.15) is 10.2 Å². The van der Waals surface area contributed by atoms with Gasteiger partial charge >= 0.3 is 0 Å². The summed E-state index contributed by atoms with van der Waals surface area (Å²) in [7, 11) is -3.45. The van der Waals surface area contributed by atoms with Crippen LogP contribution in [-0.2, 0) is 21.2 Å². The highest BCUT2D eigenvalue weighted by atomic mass is 32.2. The van der Waals surface area contributed by atoms with E-state index in [4.69, 9.17) is 14.0 Å². The lowest BCUT2D eigenvalue weighted by Gasteiger charge is -2.26. The molecule has 38 heavy (non-hydrogen) atoms. The third-order valence-electron chi connectivity index (χ3n) is 6.75. The fourth-order valence-corrected chi connectivity index (χ4v) is 6.19. The van der Waals surface area contributed by atoms with Crippen LogP contribution in [0, 0.1) is 11.3 Å². The molecule has 0 radical (unpaired) electrons. The van der Waals surface area contributed by atoms with Crippen LogP contribution in [0.4, 0.5) is 0 Å². The van der Waals surface area contributed by atoms with Crippen LogP contribution in [0.25, 0.3) is 22.8 Å². The molecule has 0 spiro atoms. The standard InChI is InChI=1S/C27H31N5O5S/c1-18(2)36-25-9-6-19(16-20(25)17-28)27-29-26(30-37-27)23-5-3-4-22-21(23)7-8-24(22)31-38(33,34)15-12-32-10-13-35-14-11-32/h3-6,9,16,18,24,31H,7-8,10-15H2,1-2H3. The van der Waals surface area contributed by atoms with Gasteiger partial charge in [0.15, 0.2) is 0 Å². The summed E-state index contributed by atoms with van der Waals surface area (Å²) < 4.78 is 45.2. The van der Waals surface area contributed by atoms with E-state index >= 15 is 0 Å². The molecular formula is C27H31N5O5S. The number of benzene rings is 2. The van der Waals surface area contributed by atoms with Gasteiger partial charge in [-0.1, -0.05) is 23.4 Å². The maximum atomic E-state index is 12.8. The normalized spacial score (nSPS) is 17.9. The summed E-state index contributed by atoms with van der Waals surface area (Å²) in [5, 5.41) is 13.7. The number of sulfonamides is 1. The van der Waals surface area contributed by atoms with Crippen molar-refractivity contribution < 1.29 is 22.4 Å². The number of hydrogen-bond acceptors (Lipinski definition) is 9. The van der Waals surface area contributed by atoms with Gasteiger partial charge < -0.3 is 14.0 Å². The smallest absolute Gasteiger partial charge is 0.258 e. The van der Waals surface area contributed by atoms with Crippen molar-refractivity contribution in [1.29, 1.82) is 5.26 Å². The van der Waals surface area contributed by atoms with Crippen LogP contribution >= 0.6 is 0 Å². The van der Waals surface area contributed by atoms with Gasteiger partial charge in [-0.25, -0.2) is 13.1 Å². The number of nitrogens with zero attached hydrogens (tertiary/aromatic N) is 4. The van der Waals surface area contributed by atoms with E-state index in [1.54, 1.807) is 18.2 Å². The van der Waals surface area contributed by atoms with Crippen LogP contribution in [0.1, 0.15) is 43.0 Å². The highest BCUT2D eigenvalue weighted by Gasteiger charge is 2.30. The fourth-order valence-electron chi connectivity index (χ4n) is 4.89. The van der Waals surface area contributed by atoms with Crippen LogP contribution in [0.3, 0.4) is 0 Å². The zero-order valence-electron chi connectivity index (χ0n) is 21.5. The van der Waals surface area contributed by atoms with E-state index in [1.165, 1.54) is 0 Å². The molecule has 0 bridgehead atoms. The zero-order valence-corrected chi connectivity index (χ0v) is 22.3. The van der Waals surface area contributed by atoms with Gasteiger partial charge in [0.1, 0.15) is 11.8 Å². The lowest BCUT2D eigenvalue weighted by atomic mass is 10.0. The molecular weight excluding hydrogens is 506 g/mol. The maximum Gasteiger partial charge on any atom is 0.258 e. The Kier molecular flexibility index (Phi) is 7.76. The highest BCUT2D eigenvalue weighted by molar-refractivity contribution is 7.89. The van der Waals surface area contributed by atoms with E-state index in [0.29, 0.717) is 61.2 Å². The second kappa shape index (κ2) is 11.2. The third kappa shape index (κ3) is 5.89. The van der Waals surface area contributed by atoms with Gasteiger partial charge in [0.2, 0.25) is 15.8 Å². The van der Waals surface area contributed by atoms with Gasteiger partial charge in [0.05, 0.1) is 30.6 Å². The Labute approximate surface area is 222 Å². The topological polar surface area (TPSA) is 131 Å². The SMILES string of the molecule is CC(C)Oc1ccc(-c2nc(-c3cccc4c3CCC4NS(=O)(=O)CCN3CCOCC3)no2)cc1C#N. The van der Waals surface area contributed by atoms with Crippen molar-refractivity contribution in [2.45, 2.75) is 38.8 Å². The Balaban J connectivity index is 1.32. The minimum absolute atomic E-state index is 0.0540. The van der Waals surface area contributed by atoms with Crippen LogP contribution in [0.15, 0.2) is 40.9 Å². The van der Waals surface area contributed by atoms with Gasteiger partial charge in [-0.05, 0) is 56.0 Å². The molecule has 200 valence electrons. The second-order valence-electron chi connectivity index (χ2n) is 9.77. The minimum Gasteiger partial charge on any atom is -0.490 e. The second-order valence-corrected chi connectivity index (χ2v) is 11.6. The maximum absolute atomic E-state index is 12.8. The van der Waals surface area contributed by atoms with Crippen molar-refractivity contribution in [1.82, 2.24) is 19.8 Å². The van der Waals surface area contributed by atoms with Crippen LogP contribution < -0.4 is 9.46 Å². The summed E-state index contributed by atoms with van der Waals surface area (Å²) >= 11 is 0. The molecule has 1 aliphatic heterocycles. The lowest BCUT2D eigenvalue weighted by molar-refractivity contribution is 0.0408. The Bertz CT molecular complexity index is 1440. The fraction of sp³-hybridized carbons (Fsp3) is 0.444. The minimum atomic E-state index is -3.45. The first-order valence-electron chi connectivity index (χ1n) is 12.8. The van der Waals surface area contributed by atoms with E-state index in [9.17, 15) is 13.7 Å². The van der Waals surface area contributed by atoms with Crippen molar-refractivity contribution in [3.05, 3.63) is 53.1 Å². The molecule has 11 heteroatoms. The summed E-state index contributed by atoms with van der Waals surface area (Å²) in [5.41, 5.74) is 3.77. The summed E-state index contributed by atoms with van der Waals surface area (Å²) in [4.78, 5) is 6.71. The average Bonchev–Trinajstić information content (AvgIpc) is 3.56. The molecule has 0 saturated carbocycles. The van der Waals surface area contributed by atoms with E-state index < -0.39 is 10.0 Å². The van der Waals surface area contributed by atoms with Crippen LogP contribution in [0.2, 0.25) is 0 Å². The number of hydrogen-bond donors (Lipinski definition) is 1. The molecule has 1 aromatic heterocycles. The summed E-state index contributed by atoms with van der Waals surface area (Å²) in [6, 6.07) is 12.8. The quantitative estimate of drug-likeness (QED) is 0.437. The molecule has 1 fully saturated rings. The predicted octanol–water partition coefficient (Wildman–Crippen LogP) is 3.30. The number of rotatable bonds is 9. The molecule has 1 unspecified atom stereocenters. The molecule has 2 aromatic carbocycles. The monoisotopic (exact) mass is 537 g/mol. The highest BCUT2D eigenvalue weighted by Crippen LogP contribution is 2.38. The number of ether oxygens (including phenoxy) is 2. The van der Waals surface area contributed by atoms with Crippen molar-refractivity contribution in [3.63, 3.8) is 0 Å². The summed E-state index contributed by atoms with van der Waals surface area (Å²) in [6.45, 7) is 7.08. The van der Waals surface area contributed by atoms with Crippen LogP contribution in [0.5, 0.6) is 5.75 Å². The Morgan fingerprint density at radius 2 is 2.05 bits per heavy atom.